The number of nitrogens with zero attached hydrogens (tertiary/aromatic N) is 2. The van der Waals surface area contributed by atoms with Crippen molar-refractivity contribution >= 4 is 11.4 Å². The first-order valence-corrected chi connectivity index (χ1v) is 14.1. The quantitative estimate of drug-likeness (QED) is 0.110. The highest BCUT2D eigenvalue weighted by atomic mass is 16.6. The molecule has 0 aliphatic heterocycles. The molecular weight excluding hydrogens is 434 g/mol. The molecule has 1 N–H and O–H groups in total. The van der Waals surface area contributed by atoms with Gasteiger partial charge in [-0.15, -0.1) is 0 Å². The molecule has 2 rings (SSSR count). The molecule has 0 saturated carbocycles. The van der Waals surface area contributed by atoms with Gasteiger partial charge in [-0.2, -0.15) is 0 Å². The number of rotatable bonds is 21. The highest BCUT2D eigenvalue weighted by molar-refractivity contribution is 5.56. The zero-order valence-corrected chi connectivity index (χ0v) is 22.0. The van der Waals surface area contributed by atoms with E-state index in [0.717, 1.165) is 24.3 Å². The lowest BCUT2D eigenvalue weighted by Gasteiger charge is -2.09. The first-order valence-electron chi connectivity index (χ1n) is 14.1. The van der Waals surface area contributed by atoms with Gasteiger partial charge in [0.25, 0.3) is 5.69 Å². The van der Waals surface area contributed by atoms with Gasteiger partial charge in [0.2, 0.25) is 0 Å². The Balaban J connectivity index is 1.48. The van der Waals surface area contributed by atoms with Crippen LogP contribution in [0.25, 0.3) is 0 Å². The van der Waals surface area contributed by atoms with Crippen LogP contribution in [0.15, 0.2) is 42.6 Å². The zero-order chi connectivity index (χ0) is 25.0. The third-order valence-corrected chi connectivity index (χ3v) is 6.74. The third-order valence-electron chi connectivity index (χ3n) is 6.74. The number of anilines is 1. The summed E-state index contributed by atoms with van der Waals surface area (Å²) in [5, 5.41) is 14.9. The Morgan fingerprint density at radius 1 is 0.771 bits per heavy atom. The van der Waals surface area contributed by atoms with Crippen molar-refractivity contribution in [2.75, 3.05) is 11.9 Å². The number of nitro groups is 1. The lowest BCUT2D eigenvalue weighted by Crippen LogP contribution is -2.04. The standard InChI is InChI=1S/C30H47N3O2/c1-2-3-4-5-6-7-8-9-10-11-12-13-14-15-16-18-23-32-29-22-21-27(30(26-29)33(34)35)25-28-20-17-19-24-31-28/h17,19-22,24,26,32H,2-16,18,23,25H2,1H3. The van der Waals surface area contributed by atoms with E-state index in [9.17, 15) is 10.1 Å². The Bertz CT molecular complexity index is 811. The summed E-state index contributed by atoms with van der Waals surface area (Å²) in [6.07, 6.45) is 24.0. The average molecular weight is 482 g/mol. The molecule has 0 amide bonds. The van der Waals surface area contributed by atoms with Crippen LogP contribution in [0.2, 0.25) is 0 Å². The van der Waals surface area contributed by atoms with Gasteiger partial charge in [-0.1, -0.05) is 109 Å². The summed E-state index contributed by atoms with van der Waals surface area (Å²) in [7, 11) is 0. The number of unbranched alkanes of at least 4 members (excludes halogenated alkanes) is 15. The topological polar surface area (TPSA) is 68.1 Å². The molecular formula is C30H47N3O2. The molecule has 0 aliphatic carbocycles. The van der Waals surface area contributed by atoms with Gasteiger partial charge in [-0.3, -0.25) is 15.1 Å². The maximum absolute atomic E-state index is 11.6. The van der Waals surface area contributed by atoms with E-state index in [2.05, 4.69) is 17.2 Å². The minimum absolute atomic E-state index is 0.160. The number of nitro benzene ring substituents is 1. The van der Waals surface area contributed by atoms with Crippen molar-refractivity contribution in [1.82, 2.24) is 4.98 Å². The zero-order valence-electron chi connectivity index (χ0n) is 22.0. The van der Waals surface area contributed by atoms with E-state index in [4.69, 9.17) is 0 Å². The molecule has 0 spiro atoms. The van der Waals surface area contributed by atoms with E-state index >= 15 is 0 Å². The van der Waals surface area contributed by atoms with Crippen molar-refractivity contribution in [3.63, 3.8) is 0 Å². The molecule has 5 heteroatoms. The maximum Gasteiger partial charge on any atom is 0.275 e. The van der Waals surface area contributed by atoms with Crippen LogP contribution in [-0.2, 0) is 6.42 Å². The van der Waals surface area contributed by atoms with Crippen LogP contribution < -0.4 is 5.32 Å². The molecule has 0 saturated heterocycles. The lowest BCUT2D eigenvalue weighted by atomic mass is 10.0. The largest absolute Gasteiger partial charge is 0.385 e. The summed E-state index contributed by atoms with van der Waals surface area (Å²) >= 11 is 0. The molecule has 5 nitrogen and oxygen atoms in total. The van der Waals surface area contributed by atoms with Crippen LogP contribution in [0, 0.1) is 10.1 Å². The molecule has 1 aromatic carbocycles. The predicted molar refractivity (Wildman–Crippen MR) is 148 cm³/mol. The maximum atomic E-state index is 11.6. The first kappa shape index (κ1) is 28.8. The van der Waals surface area contributed by atoms with Gasteiger partial charge in [0.15, 0.2) is 0 Å². The van der Waals surface area contributed by atoms with Gasteiger partial charge in [0.1, 0.15) is 0 Å². The number of nitrogens with one attached hydrogen (secondary N) is 1. The van der Waals surface area contributed by atoms with Gasteiger partial charge in [-0.25, -0.2) is 0 Å². The van der Waals surface area contributed by atoms with E-state index in [1.807, 2.05) is 30.3 Å². The van der Waals surface area contributed by atoms with Crippen LogP contribution >= 0.6 is 0 Å². The number of benzene rings is 1. The molecule has 1 heterocycles. The highest BCUT2D eigenvalue weighted by Crippen LogP contribution is 2.25. The van der Waals surface area contributed by atoms with E-state index in [0.29, 0.717) is 12.0 Å². The van der Waals surface area contributed by atoms with Crippen LogP contribution in [0.4, 0.5) is 11.4 Å². The molecule has 0 atom stereocenters. The predicted octanol–water partition coefficient (Wildman–Crippen LogP) is 9.25. The molecule has 1 aromatic heterocycles. The second kappa shape index (κ2) is 18.8. The summed E-state index contributed by atoms with van der Waals surface area (Å²) in [5.74, 6) is 0. The number of aromatic nitrogens is 1. The van der Waals surface area contributed by atoms with Crippen LogP contribution in [0.3, 0.4) is 0 Å². The minimum Gasteiger partial charge on any atom is -0.385 e. The molecule has 0 radical (unpaired) electrons. The van der Waals surface area contributed by atoms with Crippen LogP contribution in [0.1, 0.15) is 121 Å². The Morgan fingerprint density at radius 2 is 1.34 bits per heavy atom. The van der Waals surface area contributed by atoms with Gasteiger partial charge < -0.3 is 5.32 Å². The van der Waals surface area contributed by atoms with Crippen molar-refractivity contribution in [1.29, 1.82) is 0 Å². The van der Waals surface area contributed by atoms with Gasteiger partial charge in [0, 0.05) is 42.2 Å². The average Bonchev–Trinajstić information content (AvgIpc) is 2.87. The van der Waals surface area contributed by atoms with Gasteiger partial charge in [-0.05, 0) is 30.7 Å². The van der Waals surface area contributed by atoms with E-state index in [-0.39, 0.29) is 10.6 Å². The van der Waals surface area contributed by atoms with E-state index < -0.39 is 0 Å². The number of hydrogen-bond donors (Lipinski definition) is 1. The fourth-order valence-electron chi connectivity index (χ4n) is 4.60. The van der Waals surface area contributed by atoms with Crippen LogP contribution in [0.5, 0.6) is 0 Å². The van der Waals surface area contributed by atoms with Crippen molar-refractivity contribution in [3.8, 4) is 0 Å². The van der Waals surface area contributed by atoms with Gasteiger partial charge in [0.05, 0.1) is 4.92 Å². The minimum atomic E-state index is -0.294. The number of hydrogen-bond acceptors (Lipinski definition) is 4. The Hall–Kier alpha value is -2.43. The Labute approximate surface area is 213 Å². The lowest BCUT2D eigenvalue weighted by molar-refractivity contribution is -0.385. The van der Waals surface area contributed by atoms with E-state index in [1.165, 1.54) is 96.3 Å². The van der Waals surface area contributed by atoms with Crippen LogP contribution in [-0.4, -0.2) is 16.5 Å². The van der Waals surface area contributed by atoms with Crippen molar-refractivity contribution in [3.05, 3.63) is 64.0 Å². The summed E-state index contributed by atoms with van der Waals surface area (Å²) in [5.41, 5.74) is 2.51. The fraction of sp³-hybridized carbons (Fsp3) is 0.633. The smallest absolute Gasteiger partial charge is 0.275 e. The second-order valence-electron chi connectivity index (χ2n) is 9.83. The molecule has 2 aromatic rings. The summed E-state index contributed by atoms with van der Waals surface area (Å²) < 4.78 is 0. The van der Waals surface area contributed by atoms with Crippen molar-refractivity contribution in [2.24, 2.45) is 0 Å². The Morgan fingerprint density at radius 3 is 1.86 bits per heavy atom. The molecule has 0 unspecified atom stereocenters. The molecule has 0 aliphatic rings. The third kappa shape index (κ3) is 13.3. The molecule has 35 heavy (non-hydrogen) atoms. The fourth-order valence-corrected chi connectivity index (χ4v) is 4.60. The SMILES string of the molecule is CCCCCCCCCCCCCCCCCCNc1ccc(Cc2ccccn2)c([N+](=O)[O-])c1. The second-order valence-corrected chi connectivity index (χ2v) is 9.83. The molecule has 0 bridgehead atoms. The first-order chi connectivity index (χ1) is 17.2. The summed E-state index contributed by atoms with van der Waals surface area (Å²) in [6, 6.07) is 11.1. The molecule has 194 valence electrons. The summed E-state index contributed by atoms with van der Waals surface area (Å²) in [6.45, 7) is 3.14. The van der Waals surface area contributed by atoms with Crippen molar-refractivity contribution in [2.45, 2.75) is 116 Å². The molecule has 0 fully saturated rings. The van der Waals surface area contributed by atoms with Crippen molar-refractivity contribution < 1.29 is 4.92 Å². The van der Waals surface area contributed by atoms with Gasteiger partial charge >= 0.3 is 0 Å². The number of pyridine rings is 1. The summed E-state index contributed by atoms with van der Waals surface area (Å²) in [4.78, 5) is 15.5. The normalized spacial score (nSPS) is 11.0. The van der Waals surface area contributed by atoms with E-state index in [1.54, 1.807) is 12.3 Å². The highest BCUT2D eigenvalue weighted by Gasteiger charge is 2.15. The Kier molecular flexibility index (Phi) is 15.5. The monoisotopic (exact) mass is 481 g/mol.